The highest BCUT2D eigenvalue weighted by Crippen LogP contribution is 2.21. The summed E-state index contributed by atoms with van der Waals surface area (Å²) < 4.78 is 0. The van der Waals surface area contributed by atoms with Crippen LogP contribution in [0.2, 0.25) is 0 Å². The van der Waals surface area contributed by atoms with Crippen LogP contribution in [0.5, 0.6) is 0 Å². The molecule has 0 spiro atoms. The molecule has 2 fully saturated rings. The molecule has 0 aromatic heterocycles. The van der Waals surface area contributed by atoms with Gasteiger partial charge in [-0.15, -0.1) is 0 Å². The van der Waals surface area contributed by atoms with E-state index in [1.807, 2.05) is 16.7 Å². The zero-order chi connectivity index (χ0) is 12.8. The summed E-state index contributed by atoms with van der Waals surface area (Å²) in [6.45, 7) is 2.08. The van der Waals surface area contributed by atoms with Gasteiger partial charge in [-0.25, -0.2) is 0 Å². The fourth-order valence-corrected chi connectivity index (χ4v) is 3.81. The number of aliphatic hydroxyl groups excluding tert-OH is 1. The van der Waals surface area contributed by atoms with E-state index in [9.17, 15) is 4.79 Å². The Kier molecular flexibility index (Phi) is 5.79. The van der Waals surface area contributed by atoms with Crippen molar-refractivity contribution in [1.29, 1.82) is 0 Å². The van der Waals surface area contributed by atoms with E-state index in [1.54, 1.807) is 0 Å². The van der Waals surface area contributed by atoms with Crippen LogP contribution < -0.4 is 5.32 Å². The molecule has 0 aliphatic carbocycles. The zero-order valence-corrected chi connectivity index (χ0v) is 11.8. The van der Waals surface area contributed by atoms with Crippen molar-refractivity contribution in [3.63, 3.8) is 0 Å². The van der Waals surface area contributed by atoms with E-state index in [0.717, 1.165) is 43.9 Å². The number of thioether (sulfide) groups is 1. The minimum absolute atomic E-state index is 0.186. The molecule has 2 aliphatic heterocycles. The molecule has 0 aromatic rings. The Labute approximate surface area is 113 Å². The predicted molar refractivity (Wildman–Crippen MR) is 74.8 cm³/mol. The second kappa shape index (κ2) is 7.36. The zero-order valence-electron chi connectivity index (χ0n) is 10.9. The van der Waals surface area contributed by atoms with Crippen molar-refractivity contribution in [2.45, 2.75) is 44.2 Å². The summed E-state index contributed by atoms with van der Waals surface area (Å²) in [6.07, 6.45) is 4.71. The van der Waals surface area contributed by atoms with Gasteiger partial charge in [0, 0.05) is 49.7 Å². The molecule has 2 aliphatic rings. The number of likely N-dealkylation sites (tertiary alicyclic amines) is 1. The smallest absolute Gasteiger partial charge is 0.224 e. The van der Waals surface area contributed by atoms with Gasteiger partial charge < -0.3 is 15.3 Å². The molecule has 104 valence electrons. The van der Waals surface area contributed by atoms with Gasteiger partial charge in [-0.3, -0.25) is 4.79 Å². The van der Waals surface area contributed by atoms with Crippen molar-refractivity contribution >= 4 is 17.7 Å². The third-order valence-electron chi connectivity index (χ3n) is 3.83. The number of piperidine rings is 1. The summed E-state index contributed by atoms with van der Waals surface area (Å²) in [4.78, 5) is 14.4. The first-order valence-electron chi connectivity index (χ1n) is 7.02. The molecule has 0 bridgehead atoms. The first-order chi connectivity index (χ1) is 8.81. The molecule has 1 amide bonds. The standard InChI is InChI=1S/C13H24N2O2S/c16-7-4-12-3-1-2-6-15(12)13(17)9-11-10-18-8-5-14-11/h11-12,14,16H,1-10H2. The second-order valence-electron chi connectivity index (χ2n) is 5.18. The molecule has 0 aromatic carbocycles. The van der Waals surface area contributed by atoms with Crippen LogP contribution in [-0.2, 0) is 4.79 Å². The first kappa shape index (κ1) is 14.2. The number of amides is 1. The maximum absolute atomic E-state index is 12.3. The number of rotatable bonds is 4. The Balaban J connectivity index is 1.84. The lowest BCUT2D eigenvalue weighted by Crippen LogP contribution is -2.48. The topological polar surface area (TPSA) is 52.6 Å². The number of aliphatic hydroxyl groups is 1. The van der Waals surface area contributed by atoms with E-state index in [0.29, 0.717) is 12.5 Å². The lowest BCUT2D eigenvalue weighted by Gasteiger charge is -2.37. The van der Waals surface area contributed by atoms with Crippen LogP contribution >= 0.6 is 11.8 Å². The highest BCUT2D eigenvalue weighted by Gasteiger charge is 2.28. The van der Waals surface area contributed by atoms with Crippen LogP contribution in [0.4, 0.5) is 0 Å². The molecule has 2 N–H and O–H groups in total. The summed E-state index contributed by atoms with van der Waals surface area (Å²) in [5.41, 5.74) is 0. The number of hydrogen-bond acceptors (Lipinski definition) is 4. The Morgan fingerprint density at radius 3 is 3.06 bits per heavy atom. The normalized spacial score (nSPS) is 29.3. The minimum Gasteiger partial charge on any atom is -0.396 e. The van der Waals surface area contributed by atoms with E-state index in [2.05, 4.69) is 5.32 Å². The maximum atomic E-state index is 12.3. The van der Waals surface area contributed by atoms with Gasteiger partial charge in [-0.05, 0) is 25.7 Å². The molecule has 18 heavy (non-hydrogen) atoms. The number of hydrogen-bond donors (Lipinski definition) is 2. The second-order valence-corrected chi connectivity index (χ2v) is 6.33. The van der Waals surface area contributed by atoms with Gasteiger partial charge >= 0.3 is 0 Å². The number of nitrogens with one attached hydrogen (secondary N) is 1. The van der Waals surface area contributed by atoms with Gasteiger partial charge in [-0.2, -0.15) is 11.8 Å². The average Bonchev–Trinajstić information content (AvgIpc) is 2.41. The van der Waals surface area contributed by atoms with Crippen LogP contribution in [0.15, 0.2) is 0 Å². The van der Waals surface area contributed by atoms with Gasteiger partial charge in [0.1, 0.15) is 0 Å². The van der Waals surface area contributed by atoms with Gasteiger partial charge in [-0.1, -0.05) is 0 Å². The molecule has 0 radical (unpaired) electrons. The summed E-state index contributed by atoms with van der Waals surface area (Å²) in [5, 5.41) is 12.5. The highest BCUT2D eigenvalue weighted by molar-refractivity contribution is 7.99. The van der Waals surface area contributed by atoms with Gasteiger partial charge in [0.25, 0.3) is 0 Å². The lowest BCUT2D eigenvalue weighted by molar-refractivity contribution is -0.135. The van der Waals surface area contributed by atoms with Crippen LogP contribution in [-0.4, -0.2) is 59.2 Å². The molecule has 2 unspecified atom stereocenters. The highest BCUT2D eigenvalue weighted by atomic mass is 32.2. The van der Waals surface area contributed by atoms with E-state index >= 15 is 0 Å². The molecule has 2 atom stereocenters. The molecular weight excluding hydrogens is 248 g/mol. The van der Waals surface area contributed by atoms with E-state index in [1.165, 1.54) is 6.42 Å². The van der Waals surface area contributed by atoms with E-state index in [-0.39, 0.29) is 18.6 Å². The molecule has 4 nitrogen and oxygen atoms in total. The van der Waals surface area contributed by atoms with Crippen molar-refractivity contribution in [2.75, 3.05) is 31.2 Å². The Bertz CT molecular complexity index is 268. The Hall–Kier alpha value is -0.260. The van der Waals surface area contributed by atoms with Crippen LogP contribution in [0, 0.1) is 0 Å². The van der Waals surface area contributed by atoms with Crippen molar-refractivity contribution in [3.8, 4) is 0 Å². The molecule has 2 saturated heterocycles. The average molecular weight is 272 g/mol. The van der Waals surface area contributed by atoms with Crippen molar-refractivity contribution in [1.82, 2.24) is 10.2 Å². The summed E-state index contributed by atoms with van der Waals surface area (Å²) in [7, 11) is 0. The van der Waals surface area contributed by atoms with Crippen molar-refractivity contribution in [2.24, 2.45) is 0 Å². The monoisotopic (exact) mass is 272 g/mol. The molecule has 0 saturated carbocycles. The first-order valence-corrected chi connectivity index (χ1v) is 8.18. The SMILES string of the molecule is O=C(CC1CSCCN1)N1CCCCC1CCO. The largest absolute Gasteiger partial charge is 0.396 e. The molecule has 5 heteroatoms. The molecule has 2 rings (SSSR count). The van der Waals surface area contributed by atoms with Gasteiger partial charge in [0.05, 0.1) is 0 Å². The van der Waals surface area contributed by atoms with Gasteiger partial charge in [0.15, 0.2) is 0 Å². The van der Waals surface area contributed by atoms with Crippen LogP contribution in [0.25, 0.3) is 0 Å². The Morgan fingerprint density at radius 1 is 1.44 bits per heavy atom. The third kappa shape index (κ3) is 3.87. The predicted octanol–water partition coefficient (Wildman–Crippen LogP) is 0.845. The van der Waals surface area contributed by atoms with Crippen LogP contribution in [0.3, 0.4) is 0 Å². The fraction of sp³-hybridized carbons (Fsp3) is 0.923. The molecule has 2 heterocycles. The fourth-order valence-electron chi connectivity index (χ4n) is 2.86. The summed E-state index contributed by atoms with van der Waals surface area (Å²) in [6, 6.07) is 0.612. The molecular formula is C13H24N2O2S. The number of nitrogens with zero attached hydrogens (tertiary/aromatic N) is 1. The number of carbonyl (C=O) groups excluding carboxylic acids is 1. The summed E-state index contributed by atoms with van der Waals surface area (Å²) in [5.74, 6) is 2.47. The Morgan fingerprint density at radius 2 is 2.33 bits per heavy atom. The summed E-state index contributed by atoms with van der Waals surface area (Å²) >= 11 is 1.93. The number of carbonyl (C=O) groups is 1. The van der Waals surface area contributed by atoms with E-state index < -0.39 is 0 Å². The minimum atomic E-state index is 0.186. The van der Waals surface area contributed by atoms with Crippen molar-refractivity contribution in [3.05, 3.63) is 0 Å². The third-order valence-corrected chi connectivity index (χ3v) is 4.96. The van der Waals surface area contributed by atoms with Gasteiger partial charge in [0.2, 0.25) is 5.91 Å². The quantitative estimate of drug-likeness (QED) is 0.796. The van der Waals surface area contributed by atoms with E-state index in [4.69, 9.17) is 5.11 Å². The maximum Gasteiger partial charge on any atom is 0.224 e. The van der Waals surface area contributed by atoms with Crippen molar-refractivity contribution < 1.29 is 9.90 Å². The van der Waals surface area contributed by atoms with Crippen LogP contribution in [0.1, 0.15) is 32.1 Å². The lowest BCUT2D eigenvalue weighted by atomic mass is 9.98.